The summed E-state index contributed by atoms with van der Waals surface area (Å²) in [7, 11) is 1.92. The summed E-state index contributed by atoms with van der Waals surface area (Å²) in [5, 5.41) is 3.94. The lowest BCUT2D eigenvalue weighted by Gasteiger charge is -2.40. The smallest absolute Gasteiger partial charge is 0.320 e. The quantitative estimate of drug-likeness (QED) is 0.840. The maximum Gasteiger partial charge on any atom is 0.320 e. The lowest BCUT2D eigenvalue weighted by Crippen LogP contribution is -2.54. The van der Waals surface area contributed by atoms with Gasteiger partial charge in [0.1, 0.15) is 0 Å². The molecule has 2 aliphatic heterocycles. The van der Waals surface area contributed by atoms with Crippen molar-refractivity contribution in [2.24, 2.45) is 0 Å². The maximum atomic E-state index is 12.6. The van der Waals surface area contributed by atoms with E-state index < -0.39 is 0 Å². The summed E-state index contributed by atoms with van der Waals surface area (Å²) in [6, 6.07) is 2.35. The molecular weight excluding hydrogens is 296 g/mol. The number of rotatable bonds is 3. The Balaban J connectivity index is 1.55. The molecule has 1 atom stereocenters. The van der Waals surface area contributed by atoms with E-state index in [1.807, 2.05) is 29.8 Å². The Labute approximate surface area is 137 Å². The molecule has 2 aliphatic rings. The Bertz CT molecular complexity index is 527. The molecule has 0 bridgehead atoms. The molecule has 23 heavy (non-hydrogen) atoms. The second kappa shape index (κ2) is 7.31. The average Bonchev–Trinajstić information content (AvgIpc) is 2.99. The fourth-order valence-electron chi connectivity index (χ4n) is 3.34. The zero-order valence-corrected chi connectivity index (χ0v) is 14.0. The van der Waals surface area contributed by atoms with E-state index in [1.165, 1.54) is 0 Å². The number of amides is 2. The number of likely N-dealkylation sites (N-methyl/N-ethyl adjacent to an activating group) is 1. The molecule has 1 aromatic rings. The van der Waals surface area contributed by atoms with Crippen molar-refractivity contribution in [3.8, 4) is 0 Å². The first-order valence-electron chi connectivity index (χ1n) is 8.37. The lowest BCUT2D eigenvalue weighted by atomic mass is 10.0. The van der Waals surface area contributed by atoms with Gasteiger partial charge in [0.2, 0.25) is 0 Å². The number of ether oxygens (including phenoxy) is 1. The second-order valence-electron chi connectivity index (χ2n) is 6.46. The minimum atomic E-state index is 0.121. The van der Waals surface area contributed by atoms with Crippen LogP contribution >= 0.6 is 0 Å². The Morgan fingerprint density at radius 1 is 1.39 bits per heavy atom. The Kier molecular flexibility index (Phi) is 5.17. The van der Waals surface area contributed by atoms with Crippen molar-refractivity contribution < 1.29 is 14.1 Å². The maximum absolute atomic E-state index is 12.6. The number of aromatic nitrogens is 1. The molecule has 0 N–H and O–H groups in total. The zero-order chi connectivity index (χ0) is 16.2. The van der Waals surface area contributed by atoms with E-state index in [1.54, 1.807) is 0 Å². The van der Waals surface area contributed by atoms with Crippen LogP contribution in [0.3, 0.4) is 0 Å². The molecule has 0 saturated carbocycles. The van der Waals surface area contributed by atoms with Crippen LogP contribution in [0.15, 0.2) is 10.6 Å². The van der Waals surface area contributed by atoms with Gasteiger partial charge < -0.3 is 19.1 Å². The van der Waals surface area contributed by atoms with Crippen molar-refractivity contribution in [2.45, 2.75) is 32.4 Å². The number of piperidine rings is 1. The molecule has 2 amide bonds. The van der Waals surface area contributed by atoms with Crippen LogP contribution < -0.4 is 0 Å². The first kappa shape index (κ1) is 16.3. The van der Waals surface area contributed by atoms with E-state index in [-0.39, 0.29) is 12.1 Å². The van der Waals surface area contributed by atoms with Crippen LogP contribution in [-0.4, -0.2) is 78.4 Å². The number of hydrogen-bond acceptors (Lipinski definition) is 5. The number of hydrogen-bond donors (Lipinski definition) is 0. The number of aryl methyl sites for hydroxylation is 1. The van der Waals surface area contributed by atoms with Gasteiger partial charge in [-0.3, -0.25) is 4.90 Å². The molecule has 2 saturated heterocycles. The highest BCUT2D eigenvalue weighted by Crippen LogP contribution is 2.19. The first-order valence-corrected chi connectivity index (χ1v) is 8.37. The predicted molar refractivity (Wildman–Crippen MR) is 85.1 cm³/mol. The van der Waals surface area contributed by atoms with Crippen LogP contribution in [-0.2, 0) is 11.3 Å². The number of morpholine rings is 1. The second-order valence-corrected chi connectivity index (χ2v) is 6.46. The van der Waals surface area contributed by atoms with Gasteiger partial charge >= 0.3 is 6.03 Å². The van der Waals surface area contributed by atoms with Gasteiger partial charge in [-0.05, 0) is 26.3 Å². The van der Waals surface area contributed by atoms with Gasteiger partial charge in [-0.25, -0.2) is 4.79 Å². The molecule has 1 unspecified atom stereocenters. The molecule has 0 radical (unpaired) electrons. The summed E-state index contributed by atoms with van der Waals surface area (Å²) in [6.07, 6.45) is 2.15. The zero-order valence-electron chi connectivity index (χ0n) is 14.0. The van der Waals surface area contributed by atoms with Crippen LogP contribution in [0.4, 0.5) is 4.79 Å². The highest BCUT2D eigenvalue weighted by molar-refractivity contribution is 5.74. The minimum absolute atomic E-state index is 0.121. The summed E-state index contributed by atoms with van der Waals surface area (Å²) >= 11 is 0. The third kappa shape index (κ3) is 4.03. The summed E-state index contributed by atoms with van der Waals surface area (Å²) in [5.41, 5.74) is 0.910. The van der Waals surface area contributed by atoms with E-state index in [0.29, 0.717) is 26.3 Å². The predicted octanol–water partition coefficient (Wildman–Crippen LogP) is 1.33. The fraction of sp³-hybridized carbons (Fsp3) is 0.750. The lowest BCUT2D eigenvalue weighted by molar-refractivity contribution is 0.0361. The largest absolute Gasteiger partial charge is 0.378 e. The highest BCUT2D eigenvalue weighted by Gasteiger charge is 2.29. The van der Waals surface area contributed by atoms with E-state index in [0.717, 1.165) is 43.9 Å². The van der Waals surface area contributed by atoms with Gasteiger partial charge in [0.05, 0.1) is 25.5 Å². The summed E-state index contributed by atoms with van der Waals surface area (Å²) in [6.45, 7) is 7.27. The van der Waals surface area contributed by atoms with Gasteiger partial charge in [0, 0.05) is 38.8 Å². The fourth-order valence-corrected chi connectivity index (χ4v) is 3.34. The number of carbonyl (C=O) groups is 1. The van der Waals surface area contributed by atoms with Crippen LogP contribution in [0, 0.1) is 6.92 Å². The molecule has 1 aromatic heterocycles. The number of nitrogens with zero attached hydrogens (tertiary/aromatic N) is 4. The third-order valence-electron chi connectivity index (χ3n) is 4.67. The molecule has 2 fully saturated rings. The van der Waals surface area contributed by atoms with E-state index >= 15 is 0 Å². The average molecular weight is 322 g/mol. The van der Waals surface area contributed by atoms with Crippen LogP contribution in [0.5, 0.6) is 0 Å². The van der Waals surface area contributed by atoms with E-state index in [9.17, 15) is 4.79 Å². The summed E-state index contributed by atoms with van der Waals surface area (Å²) in [5.74, 6) is 0.894. The van der Waals surface area contributed by atoms with Crippen molar-refractivity contribution in [3.63, 3.8) is 0 Å². The van der Waals surface area contributed by atoms with Crippen LogP contribution in [0.2, 0.25) is 0 Å². The summed E-state index contributed by atoms with van der Waals surface area (Å²) < 4.78 is 10.6. The van der Waals surface area contributed by atoms with Gasteiger partial charge in [0.25, 0.3) is 0 Å². The molecule has 128 valence electrons. The topological polar surface area (TPSA) is 62.0 Å². The third-order valence-corrected chi connectivity index (χ3v) is 4.67. The Morgan fingerprint density at radius 3 is 2.87 bits per heavy atom. The van der Waals surface area contributed by atoms with Crippen molar-refractivity contribution in [2.75, 3.05) is 46.4 Å². The van der Waals surface area contributed by atoms with Crippen LogP contribution in [0.25, 0.3) is 0 Å². The summed E-state index contributed by atoms with van der Waals surface area (Å²) in [4.78, 5) is 18.8. The molecule has 0 spiro atoms. The minimum Gasteiger partial charge on any atom is -0.378 e. The van der Waals surface area contributed by atoms with Gasteiger partial charge in [-0.1, -0.05) is 5.16 Å². The first-order chi connectivity index (χ1) is 11.1. The van der Waals surface area contributed by atoms with Gasteiger partial charge in [-0.15, -0.1) is 0 Å². The Hall–Kier alpha value is -1.60. The SMILES string of the molecule is Cc1cc(CN2CCCC(N(C)C(=O)N3CCOCC3)C2)on1. The number of likely N-dealkylation sites (tertiary alicyclic amines) is 1. The number of carbonyl (C=O) groups excluding carboxylic acids is 1. The Morgan fingerprint density at radius 2 is 2.17 bits per heavy atom. The van der Waals surface area contributed by atoms with Gasteiger partial charge in [-0.2, -0.15) is 0 Å². The molecule has 0 aliphatic carbocycles. The van der Waals surface area contributed by atoms with Gasteiger partial charge in [0.15, 0.2) is 5.76 Å². The molecule has 3 rings (SSSR count). The standard InChI is InChI=1S/C16H26N4O3/c1-13-10-15(23-17-13)12-19-5-3-4-14(11-19)18(2)16(21)20-6-8-22-9-7-20/h10,14H,3-9,11-12H2,1-2H3. The van der Waals surface area contributed by atoms with Crippen molar-refractivity contribution in [1.82, 2.24) is 19.9 Å². The van der Waals surface area contributed by atoms with E-state index in [2.05, 4.69) is 10.1 Å². The molecular formula is C16H26N4O3. The molecule has 0 aromatic carbocycles. The molecule has 7 nitrogen and oxygen atoms in total. The normalized spacial score (nSPS) is 23.0. The van der Waals surface area contributed by atoms with Crippen molar-refractivity contribution in [1.29, 1.82) is 0 Å². The van der Waals surface area contributed by atoms with Crippen molar-refractivity contribution in [3.05, 3.63) is 17.5 Å². The molecule has 7 heteroatoms. The molecule has 3 heterocycles. The van der Waals surface area contributed by atoms with E-state index in [4.69, 9.17) is 9.26 Å². The number of urea groups is 1. The van der Waals surface area contributed by atoms with Crippen molar-refractivity contribution >= 4 is 6.03 Å². The van der Waals surface area contributed by atoms with Crippen LogP contribution in [0.1, 0.15) is 24.3 Å². The monoisotopic (exact) mass is 322 g/mol. The highest BCUT2D eigenvalue weighted by atomic mass is 16.5.